The van der Waals surface area contributed by atoms with E-state index in [9.17, 15) is 22.4 Å². The van der Waals surface area contributed by atoms with E-state index in [1.807, 2.05) is 11.0 Å². The Hall–Kier alpha value is -2.72. The van der Waals surface area contributed by atoms with Crippen molar-refractivity contribution < 1.29 is 17.6 Å². The van der Waals surface area contributed by atoms with Crippen molar-refractivity contribution in [1.29, 1.82) is 0 Å². The molecule has 3 aromatic rings. The molecule has 0 amide bonds. The lowest BCUT2D eigenvalue weighted by atomic mass is 9.99. The summed E-state index contributed by atoms with van der Waals surface area (Å²) in [6.07, 6.45) is -1.84. The van der Waals surface area contributed by atoms with Gasteiger partial charge >= 0.3 is 11.9 Å². The zero-order chi connectivity index (χ0) is 23.0. The third-order valence-corrected chi connectivity index (χ3v) is 6.52. The fourth-order valence-corrected chi connectivity index (χ4v) is 4.46. The molecule has 4 rings (SSSR count). The van der Waals surface area contributed by atoms with Gasteiger partial charge in [0.15, 0.2) is 0 Å². The summed E-state index contributed by atoms with van der Waals surface area (Å²) in [5, 5.41) is 0.0569. The highest BCUT2D eigenvalue weighted by molar-refractivity contribution is 7.12. The highest BCUT2D eigenvalue weighted by Gasteiger charge is 2.32. The zero-order valence-electron chi connectivity index (χ0n) is 16.8. The first-order chi connectivity index (χ1) is 15.1. The Balaban J connectivity index is 1.51. The molecule has 1 aliphatic rings. The fraction of sp³-hybridized carbons (Fsp3) is 0.286. The second-order valence-electron chi connectivity index (χ2n) is 7.26. The highest BCUT2D eigenvalue weighted by atomic mass is 35.5. The van der Waals surface area contributed by atoms with Crippen molar-refractivity contribution in [2.75, 3.05) is 18.0 Å². The van der Waals surface area contributed by atoms with Crippen LogP contribution >= 0.6 is 22.9 Å². The molecule has 0 spiro atoms. The number of nitrogens with zero attached hydrogens (tertiary/aromatic N) is 4. The third-order valence-electron chi connectivity index (χ3n) is 5.12. The van der Waals surface area contributed by atoms with E-state index in [4.69, 9.17) is 11.6 Å². The molecule has 11 heteroatoms. The minimum atomic E-state index is -4.41. The molecule has 5 nitrogen and oxygen atoms in total. The molecule has 1 aliphatic heterocycles. The summed E-state index contributed by atoms with van der Waals surface area (Å²) >= 11 is 6.46. The maximum atomic E-state index is 13.4. The molecule has 32 heavy (non-hydrogen) atoms. The standard InChI is InChI=1S/C21H17ClF4N4OS/c1-12-27-19(28-20(31)30(12)11-15-3-5-18(32-15)21(24,25)26)29-8-6-13(7-9-29)14-2-4-17(23)16(22)10-14/h2-6,10H,7-9,11H2,1H3. The summed E-state index contributed by atoms with van der Waals surface area (Å²) in [6, 6.07) is 6.92. The number of alkyl halides is 3. The van der Waals surface area contributed by atoms with Gasteiger partial charge in [0.2, 0.25) is 5.95 Å². The molecule has 0 saturated carbocycles. The second-order valence-corrected chi connectivity index (χ2v) is 8.83. The van der Waals surface area contributed by atoms with Gasteiger partial charge in [0.25, 0.3) is 0 Å². The van der Waals surface area contributed by atoms with E-state index in [2.05, 4.69) is 9.97 Å². The van der Waals surface area contributed by atoms with Gasteiger partial charge in [-0.15, -0.1) is 11.3 Å². The predicted octanol–water partition coefficient (Wildman–Crippen LogP) is 5.16. The number of benzene rings is 1. The van der Waals surface area contributed by atoms with Gasteiger partial charge in [0.05, 0.1) is 11.6 Å². The number of aromatic nitrogens is 3. The van der Waals surface area contributed by atoms with Crippen molar-refractivity contribution >= 4 is 34.5 Å². The van der Waals surface area contributed by atoms with Gasteiger partial charge in [0, 0.05) is 18.0 Å². The largest absolute Gasteiger partial charge is 0.425 e. The van der Waals surface area contributed by atoms with Crippen LogP contribution in [-0.2, 0) is 12.7 Å². The van der Waals surface area contributed by atoms with Gasteiger partial charge in [0.1, 0.15) is 16.5 Å². The number of rotatable bonds is 4. The van der Waals surface area contributed by atoms with Crippen LogP contribution in [0.25, 0.3) is 5.57 Å². The second kappa shape index (κ2) is 8.67. The van der Waals surface area contributed by atoms with E-state index in [1.165, 1.54) is 16.7 Å². The normalized spacial score (nSPS) is 14.6. The van der Waals surface area contributed by atoms with Crippen LogP contribution in [0.1, 0.15) is 27.6 Å². The van der Waals surface area contributed by atoms with E-state index in [0.29, 0.717) is 41.5 Å². The SMILES string of the molecule is Cc1nc(N2CC=C(c3ccc(F)c(Cl)c3)CC2)nc(=O)n1Cc1ccc(C(F)(F)F)s1. The van der Waals surface area contributed by atoms with Crippen LogP contribution in [0.3, 0.4) is 0 Å². The number of halogens is 5. The first-order valence-corrected chi connectivity index (χ1v) is 10.8. The maximum absolute atomic E-state index is 13.4. The van der Waals surface area contributed by atoms with Crippen LogP contribution in [0.2, 0.25) is 5.02 Å². The van der Waals surface area contributed by atoms with Crippen molar-refractivity contribution in [1.82, 2.24) is 14.5 Å². The molecule has 0 N–H and O–H groups in total. The third kappa shape index (κ3) is 4.71. The predicted molar refractivity (Wildman–Crippen MR) is 116 cm³/mol. The van der Waals surface area contributed by atoms with Gasteiger partial charge in [-0.1, -0.05) is 23.7 Å². The van der Waals surface area contributed by atoms with Crippen LogP contribution < -0.4 is 10.6 Å². The molecule has 0 unspecified atom stereocenters. The summed E-state index contributed by atoms with van der Waals surface area (Å²) in [4.78, 5) is 22.5. The summed E-state index contributed by atoms with van der Waals surface area (Å²) in [5.74, 6) is 0.149. The monoisotopic (exact) mass is 484 g/mol. The molecule has 168 valence electrons. The zero-order valence-corrected chi connectivity index (χ0v) is 18.4. The molecule has 0 bridgehead atoms. The summed E-state index contributed by atoms with van der Waals surface area (Å²) in [5.41, 5.74) is 1.26. The van der Waals surface area contributed by atoms with Crippen molar-refractivity contribution in [2.24, 2.45) is 0 Å². The molecule has 0 radical (unpaired) electrons. The van der Waals surface area contributed by atoms with Gasteiger partial charge in [-0.2, -0.15) is 23.1 Å². The Morgan fingerprint density at radius 3 is 2.56 bits per heavy atom. The molecular weight excluding hydrogens is 468 g/mol. The summed E-state index contributed by atoms with van der Waals surface area (Å²) in [7, 11) is 0. The van der Waals surface area contributed by atoms with Crippen LogP contribution in [0.4, 0.5) is 23.5 Å². The van der Waals surface area contributed by atoms with Crippen molar-refractivity contribution in [3.05, 3.63) is 78.9 Å². The summed E-state index contributed by atoms with van der Waals surface area (Å²) < 4.78 is 53.1. The van der Waals surface area contributed by atoms with Crippen molar-refractivity contribution in [3.8, 4) is 0 Å². The van der Waals surface area contributed by atoms with E-state index in [0.717, 1.165) is 17.2 Å². The van der Waals surface area contributed by atoms with Gasteiger partial charge in [-0.25, -0.2) is 9.18 Å². The number of aryl methyl sites for hydroxylation is 1. The summed E-state index contributed by atoms with van der Waals surface area (Å²) in [6.45, 7) is 2.59. The molecule has 0 fully saturated rings. The quantitative estimate of drug-likeness (QED) is 0.480. The van der Waals surface area contributed by atoms with E-state index < -0.39 is 22.6 Å². The molecule has 2 aromatic heterocycles. The number of hydrogen-bond acceptors (Lipinski definition) is 5. The molecule has 0 aliphatic carbocycles. The Labute approximate surface area is 189 Å². The Bertz CT molecular complexity index is 1250. The molecule has 1 aromatic carbocycles. The average Bonchev–Trinajstić information content (AvgIpc) is 3.22. The van der Waals surface area contributed by atoms with Gasteiger partial charge in [-0.3, -0.25) is 4.57 Å². The Kier molecular flexibility index (Phi) is 6.09. The lowest BCUT2D eigenvalue weighted by Gasteiger charge is -2.27. The topological polar surface area (TPSA) is 51.0 Å². The minimum absolute atomic E-state index is 0.0267. The molecule has 3 heterocycles. The van der Waals surface area contributed by atoms with E-state index >= 15 is 0 Å². The Morgan fingerprint density at radius 1 is 1.19 bits per heavy atom. The van der Waals surface area contributed by atoms with Crippen LogP contribution in [0.5, 0.6) is 0 Å². The van der Waals surface area contributed by atoms with Crippen LogP contribution in [0.15, 0.2) is 41.2 Å². The molecule has 0 atom stereocenters. The smallest absolute Gasteiger partial charge is 0.337 e. The first kappa shape index (κ1) is 22.5. The maximum Gasteiger partial charge on any atom is 0.425 e. The van der Waals surface area contributed by atoms with Crippen LogP contribution in [0, 0.1) is 12.7 Å². The lowest BCUT2D eigenvalue weighted by Crippen LogP contribution is -2.35. The molecule has 0 saturated heterocycles. The average molecular weight is 485 g/mol. The fourth-order valence-electron chi connectivity index (χ4n) is 3.42. The van der Waals surface area contributed by atoms with E-state index in [-0.39, 0.29) is 17.5 Å². The number of hydrogen-bond donors (Lipinski definition) is 0. The number of thiophene rings is 1. The van der Waals surface area contributed by atoms with Crippen molar-refractivity contribution in [3.63, 3.8) is 0 Å². The first-order valence-electron chi connectivity index (χ1n) is 9.62. The lowest BCUT2D eigenvalue weighted by molar-refractivity contribution is -0.134. The van der Waals surface area contributed by atoms with Crippen LogP contribution in [-0.4, -0.2) is 27.6 Å². The van der Waals surface area contributed by atoms with E-state index in [1.54, 1.807) is 19.1 Å². The van der Waals surface area contributed by atoms with Crippen molar-refractivity contribution in [2.45, 2.75) is 26.1 Å². The van der Waals surface area contributed by atoms with Gasteiger partial charge < -0.3 is 4.90 Å². The molecular formula is C21H17ClF4N4OS. The minimum Gasteiger partial charge on any atom is -0.337 e. The van der Waals surface area contributed by atoms with Gasteiger partial charge in [-0.05, 0) is 48.7 Å². The Morgan fingerprint density at radius 2 is 1.97 bits per heavy atom. The number of anilines is 1. The highest BCUT2D eigenvalue weighted by Crippen LogP contribution is 2.35.